The SMILES string of the molecule is CC/C(=C/N(C)CC)NC. The van der Waals surface area contributed by atoms with Crippen LogP contribution in [-0.2, 0) is 0 Å². The summed E-state index contributed by atoms with van der Waals surface area (Å²) in [5, 5.41) is 3.14. The molecule has 0 aliphatic carbocycles. The van der Waals surface area contributed by atoms with Gasteiger partial charge in [0.15, 0.2) is 0 Å². The molecular formula is C8H18N2. The van der Waals surface area contributed by atoms with Crippen LogP contribution in [0.3, 0.4) is 0 Å². The standard InChI is InChI=1S/C8H18N2/c1-5-8(9-3)7-10(4)6-2/h7,9H,5-6H2,1-4H3/b8-7-. The Morgan fingerprint density at radius 2 is 2.10 bits per heavy atom. The zero-order valence-corrected chi connectivity index (χ0v) is 7.44. The minimum absolute atomic E-state index is 1.06. The Kier molecular flexibility index (Phi) is 4.81. The van der Waals surface area contributed by atoms with Crippen molar-refractivity contribution in [3.05, 3.63) is 11.9 Å². The van der Waals surface area contributed by atoms with Crippen LogP contribution in [0.5, 0.6) is 0 Å². The number of allylic oxidation sites excluding steroid dienone is 1. The zero-order chi connectivity index (χ0) is 7.98. The van der Waals surface area contributed by atoms with Crippen molar-refractivity contribution in [2.75, 3.05) is 20.6 Å². The molecule has 0 saturated carbocycles. The molecule has 10 heavy (non-hydrogen) atoms. The van der Waals surface area contributed by atoms with Crippen molar-refractivity contribution in [1.82, 2.24) is 10.2 Å². The van der Waals surface area contributed by atoms with Gasteiger partial charge in [-0.2, -0.15) is 0 Å². The third kappa shape index (κ3) is 3.38. The molecule has 0 aliphatic heterocycles. The Hall–Kier alpha value is -0.660. The van der Waals surface area contributed by atoms with Crippen LogP contribution in [0.4, 0.5) is 0 Å². The molecule has 0 amide bonds. The van der Waals surface area contributed by atoms with Gasteiger partial charge < -0.3 is 10.2 Å². The van der Waals surface area contributed by atoms with Crippen LogP contribution >= 0.6 is 0 Å². The first kappa shape index (κ1) is 9.34. The first-order valence-corrected chi connectivity index (χ1v) is 3.83. The molecule has 60 valence electrons. The second kappa shape index (κ2) is 5.15. The lowest BCUT2D eigenvalue weighted by Gasteiger charge is -2.13. The van der Waals surface area contributed by atoms with Crippen LogP contribution in [0.25, 0.3) is 0 Å². The lowest BCUT2D eigenvalue weighted by molar-refractivity contribution is 0.475. The third-order valence-corrected chi connectivity index (χ3v) is 1.58. The topological polar surface area (TPSA) is 15.3 Å². The molecule has 2 nitrogen and oxygen atoms in total. The Morgan fingerprint density at radius 1 is 1.50 bits per heavy atom. The van der Waals surface area contributed by atoms with Crippen molar-refractivity contribution in [2.24, 2.45) is 0 Å². The number of nitrogens with one attached hydrogen (secondary N) is 1. The predicted molar refractivity (Wildman–Crippen MR) is 45.7 cm³/mol. The van der Waals surface area contributed by atoms with Gasteiger partial charge in [0.2, 0.25) is 0 Å². The molecular weight excluding hydrogens is 124 g/mol. The van der Waals surface area contributed by atoms with Crippen molar-refractivity contribution < 1.29 is 0 Å². The highest BCUT2D eigenvalue weighted by Crippen LogP contribution is 1.95. The van der Waals surface area contributed by atoms with E-state index in [9.17, 15) is 0 Å². The quantitative estimate of drug-likeness (QED) is 0.638. The molecule has 0 aromatic rings. The average Bonchev–Trinajstić information content (AvgIpc) is 1.99. The molecule has 0 bridgehead atoms. The van der Waals surface area contributed by atoms with Gasteiger partial charge >= 0.3 is 0 Å². The minimum Gasteiger partial charge on any atom is -0.390 e. The molecule has 0 fully saturated rings. The van der Waals surface area contributed by atoms with Crippen molar-refractivity contribution in [1.29, 1.82) is 0 Å². The normalized spacial score (nSPS) is 11.4. The average molecular weight is 142 g/mol. The van der Waals surface area contributed by atoms with E-state index in [1.54, 1.807) is 0 Å². The van der Waals surface area contributed by atoms with Crippen LogP contribution in [0.2, 0.25) is 0 Å². The third-order valence-electron chi connectivity index (χ3n) is 1.58. The van der Waals surface area contributed by atoms with E-state index in [0.29, 0.717) is 0 Å². The molecule has 0 aromatic heterocycles. The highest BCUT2D eigenvalue weighted by atomic mass is 15.1. The molecule has 0 radical (unpaired) electrons. The van der Waals surface area contributed by atoms with E-state index in [-0.39, 0.29) is 0 Å². The zero-order valence-electron chi connectivity index (χ0n) is 7.44. The van der Waals surface area contributed by atoms with Crippen LogP contribution in [-0.4, -0.2) is 25.5 Å². The molecule has 0 atom stereocenters. The van der Waals surface area contributed by atoms with E-state index in [1.807, 2.05) is 7.05 Å². The molecule has 0 heterocycles. The molecule has 0 aromatic carbocycles. The van der Waals surface area contributed by atoms with Gasteiger partial charge in [-0.3, -0.25) is 0 Å². The van der Waals surface area contributed by atoms with Gasteiger partial charge in [-0.25, -0.2) is 0 Å². The Balaban J connectivity index is 3.83. The summed E-state index contributed by atoms with van der Waals surface area (Å²) >= 11 is 0. The van der Waals surface area contributed by atoms with Gasteiger partial charge in [-0.1, -0.05) is 6.92 Å². The van der Waals surface area contributed by atoms with E-state index in [0.717, 1.165) is 13.0 Å². The Labute approximate surface area is 63.9 Å². The Bertz CT molecular complexity index is 102. The van der Waals surface area contributed by atoms with E-state index in [4.69, 9.17) is 0 Å². The fraction of sp³-hybridized carbons (Fsp3) is 0.750. The first-order valence-electron chi connectivity index (χ1n) is 3.83. The fourth-order valence-electron chi connectivity index (χ4n) is 0.690. The van der Waals surface area contributed by atoms with Crippen LogP contribution in [0, 0.1) is 0 Å². The first-order chi connectivity index (χ1) is 4.74. The lowest BCUT2D eigenvalue weighted by Crippen LogP contribution is -2.14. The summed E-state index contributed by atoms with van der Waals surface area (Å²) in [7, 11) is 4.03. The van der Waals surface area contributed by atoms with E-state index in [2.05, 4.69) is 37.3 Å². The lowest BCUT2D eigenvalue weighted by atomic mass is 10.3. The van der Waals surface area contributed by atoms with Gasteiger partial charge in [-0.15, -0.1) is 0 Å². The molecule has 0 saturated heterocycles. The predicted octanol–water partition coefficient (Wildman–Crippen LogP) is 1.41. The van der Waals surface area contributed by atoms with Crippen LogP contribution < -0.4 is 5.32 Å². The highest BCUT2D eigenvalue weighted by molar-refractivity contribution is 4.96. The van der Waals surface area contributed by atoms with Gasteiger partial charge in [0.1, 0.15) is 0 Å². The second-order valence-corrected chi connectivity index (χ2v) is 2.33. The largest absolute Gasteiger partial charge is 0.390 e. The number of rotatable bonds is 4. The summed E-state index contributed by atoms with van der Waals surface area (Å²) in [6, 6.07) is 0. The maximum Gasteiger partial charge on any atom is 0.0263 e. The monoisotopic (exact) mass is 142 g/mol. The summed E-state index contributed by atoms with van der Waals surface area (Å²) in [4.78, 5) is 2.16. The summed E-state index contributed by atoms with van der Waals surface area (Å²) in [5.41, 5.74) is 1.28. The Morgan fingerprint density at radius 3 is 2.40 bits per heavy atom. The minimum atomic E-state index is 1.06. The van der Waals surface area contributed by atoms with Crippen LogP contribution in [0.1, 0.15) is 20.3 Å². The fourth-order valence-corrected chi connectivity index (χ4v) is 0.690. The molecule has 0 rings (SSSR count). The van der Waals surface area contributed by atoms with E-state index < -0.39 is 0 Å². The molecule has 0 unspecified atom stereocenters. The maximum atomic E-state index is 3.14. The number of hydrogen-bond acceptors (Lipinski definition) is 2. The smallest absolute Gasteiger partial charge is 0.0263 e. The summed E-state index contributed by atoms with van der Waals surface area (Å²) in [6.45, 7) is 5.34. The van der Waals surface area contributed by atoms with Crippen LogP contribution in [0.15, 0.2) is 11.9 Å². The highest BCUT2D eigenvalue weighted by Gasteiger charge is 1.90. The molecule has 0 aliphatic rings. The molecule has 2 heteroatoms. The van der Waals surface area contributed by atoms with E-state index in [1.165, 1.54) is 5.70 Å². The van der Waals surface area contributed by atoms with Gasteiger partial charge in [0.05, 0.1) is 0 Å². The van der Waals surface area contributed by atoms with Crippen molar-refractivity contribution in [3.8, 4) is 0 Å². The summed E-state index contributed by atoms with van der Waals surface area (Å²) in [6.07, 6.45) is 3.21. The van der Waals surface area contributed by atoms with Crippen molar-refractivity contribution in [2.45, 2.75) is 20.3 Å². The summed E-state index contributed by atoms with van der Waals surface area (Å²) < 4.78 is 0. The number of nitrogens with zero attached hydrogens (tertiary/aromatic N) is 1. The maximum absolute atomic E-state index is 3.14. The number of hydrogen-bond donors (Lipinski definition) is 1. The van der Waals surface area contributed by atoms with E-state index >= 15 is 0 Å². The van der Waals surface area contributed by atoms with Gasteiger partial charge in [0.25, 0.3) is 0 Å². The van der Waals surface area contributed by atoms with Crippen molar-refractivity contribution in [3.63, 3.8) is 0 Å². The molecule has 1 N–H and O–H groups in total. The summed E-state index contributed by atoms with van der Waals surface area (Å²) in [5.74, 6) is 0. The second-order valence-electron chi connectivity index (χ2n) is 2.33. The van der Waals surface area contributed by atoms with Gasteiger partial charge in [-0.05, 0) is 13.3 Å². The molecule has 0 spiro atoms. The van der Waals surface area contributed by atoms with Crippen molar-refractivity contribution >= 4 is 0 Å². The van der Waals surface area contributed by atoms with Gasteiger partial charge in [0, 0.05) is 32.5 Å².